The summed E-state index contributed by atoms with van der Waals surface area (Å²) in [5.74, 6) is 0.691. The number of thioether (sulfide) groups is 1. The van der Waals surface area contributed by atoms with Crippen molar-refractivity contribution in [2.45, 2.75) is 34.6 Å². The van der Waals surface area contributed by atoms with E-state index in [4.69, 9.17) is 10.1 Å². The summed E-state index contributed by atoms with van der Waals surface area (Å²) < 4.78 is 7.65. The second-order valence-corrected chi connectivity index (χ2v) is 8.69. The zero-order valence-corrected chi connectivity index (χ0v) is 19.1. The average Bonchev–Trinajstić information content (AvgIpc) is 3.27. The van der Waals surface area contributed by atoms with E-state index in [1.807, 2.05) is 65.0 Å². The highest BCUT2D eigenvalue weighted by molar-refractivity contribution is 8.27. The van der Waals surface area contributed by atoms with Gasteiger partial charge in [-0.05, 0) is 74.5 Å². The third kappa shape index (κ3) is 3.83. The first-order valence-electron chi connectivity index (χ1n) is 10.2. The van der Waals surface area contributed by atoms with Crippen LogP contribution in [0.4, 0.5) is 0 Å². The monoisotopic (exact) mass is 435 g/mol. The number of ether oxygens (including phenoxy) is 1. The number of rotatable bonds is 5. The molecule has 31 heavy (non-hydrogen) atoms. The van der Waals surface area contributed by atoms with Crippen molar-refractivity contribution in [2.75, 3.05) is 6.61 Å². The largest absolute Gasteiger partial charge is 0.494 e. The Morgan fingerprint density at radius 2 is 1.94 bits per heavy atom. The number of benzene rings is 1. The molecule has 0 fully saturated rings. The predicted octanol–water partition coefficient (Wildman–Crippen LogP) is 4.77. The molecule has 2 aliphatic heterocycles. The molecule has 0 spiro atoms. The van der Waals surface area contributed by atoms with Crippen molar-refractivity contribution in [1.29, 1.82) is 5.41 Å². The number of hydrogen-bond donors (Lipinski definition) is 1. The highest BCUT2D eigenvalue weighted by Crippen LogP contribution is 2.32. The molecule has 0 saturated heterocycles. The molecule has 0 aliphatic carbocycles. The number of aryl methyl sites for hydroxylation is 1. The molecule has 3 heterocycles. The minimum absolute atomic E-state index is 0.0593. The van der Waals surface area contributed by atoms with Crippen LogP contribution in [-0.4, -0.2) is 38.1 Å². The summed E-state index contributed by atoms with van der Waals surface area (Å²) in [5, 5.41) is 15.8. The van der Waals surface area contributed by atoms with Gasteiger partial charge in [0.05, 0.1) is 12.2 Å². The number of amidine groups is 2. The summed E-state index contributed by atoms with van der Waals surface area (Å²) in [6.45, 7) is 10.7. The second-order valence-electron chi connectivity index (χ2n) is 7.70. The molecule has 7 nitrogen and oxygen atoms in total. The Balaban J connectivity index is 1.69. The summed E-state index contributed by atoms with van der Waals surface area (Å²) in [4.78, 5) is 16.9. The first-order valence-corrected chi connectivity index (χ1v) is 11.0. The molecule has 0 atom stereocenters. The highest BCUT2D eigenvalue weighted by Gasteiger charge is 2.36. The third-order valence-corrected chi connectivity index (χ3v) is 6.35. The number of aliphatic imine (C=N–C) groups is 1. The molecule has 2 aromatic rings. The maximum absolute atomic E-state index is 12.7. The minimum atomic E-state index is -0.408. The van der Waals surface area contributed by atoms with Gasteiger partial charge in [-0.15, -0.1) is 0 Å². The van der Waals surface area contributed by atoms with Gasteiger partial charge >= 0.3 is 0 Å². The van der Waals surface area contributed by atoms with E-state index in [-0.39, 0.29) is 17.3 Å². The van der Waals surface area contributed by atoms with E-state index in [0.29, 0.717) is 11.8 Å². The molecule has 160 valence electrons. The number of aromatic nitrogens is 1. The van der Waals surface area contributed by atoms with Crippen molar-refractivity contribution in [2.24, 2.45) is 16.0 Å². The lowest BCUT2D eigenvalue weighted by Gasteiger charge is -2.20. The lowest BCUT2D eigenvalue weighted by Crippen LogP contribution is -2.35. The number of amides is 1. The van der Waals surface area contributed by atoms with E-state index in [9.17, 15) is 4.79 Å². The fourth-order valence-corrected chi connectivity index (χ4v) is 4.48. The normalized spacial score (nSPS) is 17.4. The lowest BCUT2D eigenvalue weighted by atomic mass is 10.1. The van der Waals surface area contributed by atoms with Gasteiger partial charge in [-0.1, -0.05) is 13.8 Å². The molecule has 8 heteroatoms. The highest BCUT2D eigenvalue weighted by atomic mass is 32.2. The Labute approximate surface area is 186 Å². The Morgan fingerprint density at radius 1 is 1.23 bits per heavy atom. The molecule has 2 aliphatic rings. The van der Waals surface area contributed by atoms with Gasteiger partial charge in [0.25, 0.3) is 5.91 Å². The fraction of sp³-hybridized carbons (Fsp3) is 0.304. The standard InChI is InChI=1S/C23H25N5O2S/c1-6-30-18-9-7-17(8-10-18)27-14(4)11-16(15(27)5)12-19-20(24)28-23(25-21(19)29)31-22(26-28)13(2)3/h7-13,24H,6H2,1-5H3. The van der Waals surface area contributed by atoms with Crippen molar-refractivity contribution in [3.8, 4) is 11.4 Å². The van der Waals surface area contributed by atoms with E-state index in [0.717, 1.165) is 33.4 Å². The SMILES string of the molecule is CCOc1ccc(-n2c(C)cc(C=C3C(=N)N4N=C(C(C)C)SC4=NC3=O)c2C)cc1. The summed E-state index contributed by atoms with van der Waals surface area (Å²) in [7, 11) is 0. The Hall–Kier alpha value is -3.13. The first kappa shape index (κ1) is 21.1. The zero-order valence-electron chi connectivity index (χ0n) is 18.3. The van der Waals surface area contributed by atoms with Crippen LogP contribution in [-0.2, 0) is 4.79 Å². The molecule has 0 saturated carbocycles. The van der Waals surface area contributed by atoms with Crippen LogP contribution < -0.4 is 4.74 Å². The van der Waals surface area contributed by atoms with Gasteiger partial charge in [-0.2, -0.15) is 15.1 Å². The summed E-state index contributed by atoms with van der Waals surface area (Å²) >= 11 is 1.35. The molecular weight excluding hydrogens is 410 g/mol. The van der Waals surface area contributed by atoms with Gasteiger partial charge in [0, 0.05) is 23.0 Å². The zero-order chi connectivity index (χ0) is 22.3. The van der Waals surface area contributed by atoms with E-state index in [1.54, 1.807) is 6.08 Å². The fourth-order valence-electron chi connectivity index (χ4n) is 3.58. The van der Waals surface area contributed by atoms with Gasteiger partial charge in [-0.25, -0.2) is 0 Å². The number of carbonyl (C=O) groups excluding carboxylic acids is 1. The number of fused-ring (bicyclic) bond motifs is 1. The average molecular weight is 436 g/mol. The number of hydrogen-bond acceptors (Lipinski definition) is 5. The van der Waals surface area contributed by atoms with Crippen LogP contribution >= 0.6 is 11.8 Å². The quantitative estimate of drug-likeness (QED) is 0.686. The molecule has 1 aromatic carbocycles. The maximum atomic E-state index is 12.7. The van der Waals surface area contributed by atoms with Crippen molar-refractivity contribution in [1.82, 2.24) is 9.58 Å². The first-order chi connectivity index (χ1) is 14.8. The summed E-state index contributed by atoms with van der Waals surface area (Å²) in [6, 6.07) is 9.93. The molecule has 1 N–H and O–H groups in total. The number of nitrogens with zero attached hydrogens (tertiary/aromatic N) is 4. The maximum Gasteiger partial charge on any atom is 0.283 e. The van der Waals surface area contributed by atoms with Crippen molar-refractivity contribution < 1.29 is 9.53 Å². The molecule has 4 rings (SSSR count). The summed E-state index contributed by atoms with van der Waals surface area (Å²) in [6.07, 6.45) is 1.74. The lowest BCUT2D eigenvalue weighted by molar-refractivity contribution is -0.114. The molecule has 1 amide bonds. The van der Waals surface area contributed by atoms with E-state index in [2.05, 4.69) is 14.7 Å². The molecule has 0 unspecified atom stereocenters. The number of hydrazone groups is 1. The molecule has 1 aromatic heterocycles. The van der Waals surface area contributed by atoms with Gasteiger partial charge in [-0.3, -0.25) is 10.2 Å². The van der Waals surface area contributed by atoms with Crippen LogP contribution in [0.2, 0.25) is 0 Å². The van der Waals surface area contributed by atoms with Crippen LogP contribution in [0.5, 0.6) is 5.75 Å². The van der Waals surface area contributed by atoms with Crippen molar-refractivity contribution in [3.63, 3.8) is 0 Å². The second kappa shape index (κ2) is 8.19. The van der Waals surface area contributed by atoms with Gasteiger partial charge in [0.15, 0.2) is 5.84 Å². The minimum Gasteiger partial charge on any atom is -0.494 e. The Bertz CT molecular complexity index is 1160. The van der Waals surface area contributed by atoms with Crippen molar-refractivity contribution in [3.05, 3.63) is 52.9 Å². The van der Waals surface area contributed by atoms with Crippen molar-refractivity contribution >= 4 is 39.8 Å². The number of carbonyl (C=O) groups is 1. The summed E-state index contributed by atoms with van der Waals surface area (Å²) in [5.41, 5.74) is 4.13. The molecule has 0 bridgehead atoms. The number of nitrogens with one attached hydrogen (secondary N) is 1. The third-order valence-electron chi connectivity index (χ3n) is 5.14. The van der Waals surface area contributed by atoms with Crippen LogP contribution in [0.1, 0.15) is 37.7 Å². The molecule has 0 radical (unpaired) electrons. The smallest absolute Gasteiger partial charge is 0.283 e. The Morgan fingerprint density at radius 3 is 2.58 bits per heavy atom. The van der Waals surface area contributed by atoms with Crippen LogP contribution in [0, 0.1) is 25.2 Å². The molecular formula is C23H25N5O2S. The van der Waals surface area contributed by atoms with Gasteiger partial charge < -0.3 is 9.30 Å². The topological polar surface area (TPSA) is 83.0 Å². The van der Waals surface area contributed by atoms with Gasteiger partial charge in [0.2, 0.25) is 5.17 Å². The van der Waals surface area contributed by atoms with Crippen LogP contribution in [0.15, 0.2) is 46.0 Å². The van der Waals surface area contributed by atoms with E-state index in [1.165, 1.54) is 16.8 Å². The van der Waals surface area contributed by atoms with Gasteiger partial charge in [0.1, 0.15) is 10.8 Å². The predicted molar refractivity (Wildman–Crippen MR) is 126 cm³/mol. The van der Waals surface area contributed by atoms with Crippen LogP contribution in [0.25, 0.3) is 11.8 Å². The van der Waals surface area contributed by atoms with E-state index >= 15 is 0 Å². The van der Waals surface area contributed by atoms with Crippen LogP contribution in [0.3, 0.4) is 0 Å². The van der Waals surface area contributed by atoms with E-state index < -0.39 is 5.91 Å². The Kier molecular flexibility index (Phi) is 5.58.